The van der Waals surface area contributed by atoms with Gasteiger partial charge in [-0.05, 0) is 75.7 Å². The maximum Gasteiger partial charge on any atom is 0.324 e. The van der Waals surface area contributed by atoms with E-state index in [4.69, 9.17) is 0 Å². The van der Waals surface area contributed by atoms with Gasteiger partial charge in [0.25, 0.3) is 0 Å². The molecule has 8 heteroatoms. The summed E-state index contributed by atoms with van der Waals surface area (Å²) in [7, 11) is 0. The molecular weight excluding hydrogens is 406 g/mol. The maximum atomic E-state index is 12.8. The molecule has 1 aromatic rings. The summed E-state index contributed by atoms with van der Waals surface area (Å²) >= 11 is 0. The van der Waals surface area contributed by atoms with Crippen molar-refractivity contribution in [3.63, 3.8) is 0 Å². The number of amides is 5. The van der Waals surface area contributed by atoms with Gasteiger partial charge in [0, 0.05) is 24.8 Å². The number of hydrogen-bond donors (Lipinski definition) is 2. The van der Waals surface area contributed by atoms with Gasteiger partial charge in [-0.3, -0.25) is 9.69 Å². The Kier molecular flexibility index (Phi) is 7.29. The van der Waals surface area contributed by atoms with Gasteiger partial charge in [-0.2, -0.15) is 0 Å². The van der Waals surface area contributed by atoms with Crippen molar-refractivity contribution in [3.8, 4) is 0 Å². The van der Waals surface area contributed by atoms with E-state index in [9.17, 15) is 14.4 Å². The molecule has 0 spiro atoms. The van der Waals surface area contributed by atoms with Crippen molar-refractivity contribution < 1.29 is 14.4 Å². The first-order chi connectivity index (χ1) is 15.5. The summed E-state index contributed by atoms with van der Waals surface area (Å²) in [6, 6.07) is 7.59. The van der Waals surface area contributed by atoms with Gasteiger partial charge < -0.3 is 20.4 Å². The third-order valence-corrected chi connectivity index (χ3v) is 7.12. The van der Waals surface area contributed by atoms with Crippen molar-refractivity contribution in [1.82, 2.24) is 20.0 Å². The lowest BCUT2D eigenvalue weighted by Gasteiger charge is -2.36. The van der Waals surface area contributed by atoms with Gasteiger partial charge in [0.2, 0.25) is 5.91 Å². The first-order valence-electron chi connectivity index (χ1n) is 12.0. The highest BCUT2D eigenvalue weighted by atomic mass is 16.2. The highest BCUT2D eigenvalue weighted by Crippen LogP contribution is 2.24. The average molecular weight is 442 g/mol. The molecule has 0 radical (unpaired) electrons. The number of nitrogens with one attached hydrogen (secondary N) is 2. The van der Waals surface area contributed by atoms with Crippen LogP contribution in [0.2, 0.25) is 0 Å². The molecule has 4 rings (SSSR count). The number of benzene rings is 1. The summed E-state index contributed by atoms with van der Waals surface area (Å²) in [6.45, 7) is 6.58. The maximum absolute atomic E-state index is 12.8. The molecule has 1 aromatic carbocycles. The predicted molar refractivity (Wildman–Crippen MR) is 123 cm³/mol. The lowest BCUT2D eigenvalue weighted by atomic mass is 9.92. The molecule has 5 amide bonds. The molecule has 1 unspecified atom stereocenters. The topological polar surface area (TPSA) is 85.0 Å². The number of piperidine rings is 2. The summed E-state index contributed by atoms with van der Waals surface area (Å²) < 4.78 is 0. The summed E-state index contributed by atoms with van der Waals surface area (Å²) in [4.78, 5) is 42.0. The van der Waals surface area contributed by atoms with E-state index >= 15 is 0 Å². The number of carbonyl (C=O) groups is 3. The van der Waals surface area contributed by atoms with Gasteiger partial charge in [0.1, 0.15) is 0 Å². The SMILES string of the molecule is CC1CCCCN1CCC1CCN(C(=O)Nc2cccc(CN3C(=O)CNC3=O)c2)CC1. The zero-order valence-corrected chi connectivity index (χ0v) is 19.0. The monoisotopic (exact) mass is 441 g/mol. The molecule has 3 aliphatic heterocycles. The van der Waals surface area contributed by atoms with Crippen LogP contribution in [0.5, 0.6) is 0 Å². The normalized spacial score (nSPS) is 22.8. The Hall–Kier alpha value is -2.61. The summed E-state index contributed by atoms with van der Waals surface area (Å²) in [6.07, 6.45) is 7.35. The van der Waals surface area contributed by atoms with Crippen LogP contribution >= 0.6 is 0 Å². The van der Waals surface area contributed by atoms with E-state index in [-0.39, 0.29) is 31.1 Å². The van der Waals surface area contributed by atoms with Crippen LogP contribution < -0.4 is 10.6 Å². The van der Waals surface area contributed by atoms with Crippen LogP contribution in [0.15, 0.2) is 24.3 Å². The molecule has 0 aliphatic carbocycles. The van der Waals surface area contributed by atoms with Gasteiger partial charge in [0.15, 0.2) is 0 Å². The van der Waals surface area contributed by atoms with Gasteiger partial charge >= 0.3 is 12.1 Å². The van der Waals surface area contributed by atoms with E-state index in [1.807, 2.05) is 29.2 Å². The van der Waals surface area contributed by atoms with Crippen LogP contribution in [0.1, 0.15) is 51.0 Å². The molecule has 0 saturated carbocycles. The third-order valence-electron chi connectivity index (χ3n) is 7.12. The molecule has 8 nitrogen and oxygen atoms in total. The van der Waals surface area contributed by atoms with E-state index in [1.54, 1.807) is 0 Å². The van der Waals surface area contributed by atoms with Crippen molar-refractivity contribution in [1.29, 1.82) is 0 Å². The van der Waals surface area contributed by atoms with E-state index in [0.717, 1.165) is 31.5 Å². The van der Waals surface area contributed by atoms with Crippen molar-refractivity contribution in [2.75, 3.05) is 38.0 Å². The van der Waals surface area contributed by atoms with Crippen molar-refractivity contribution in [2.45, 2.75) is 58.0 Å². The van der Waals surface area contributed by atoms with E-state index < -0.39 is 0 Å². The van der Waals surface area contributed by atoms with Crippen LogP contribution in [0.3, 0.4) is 0 Å². The van der Waals surface area contributed by atoms with Gasteiger partial charge in [-0.1, -0.05) is 18.6 Å². The van der Waals surface area contributed by atoms with E-state index in [1.165, 1.54) is 43.7 Å². The van der Waals surface area contributed by atoms with E-state index in [2.05, 4.69) is 22.5 Å². The molecule has 3 saturated heterocycles. The first-order valence-corrected chi connectivity index (χ1v) is 12.0. The number of rotatable bonds is 6. The number of imide groups is 1. The Bertz CT molecular complexity index is 821. The van der Waals surface area contributed by atoms with Crippen molar-refractivity contribution in [2.24, 2.45) is 5.92 Å². The van der Waals surface area contributed by atoms with Crippen molar-refractivity contribution >= 4 is 23.7 Å². The smallest absolute Gasteiger partial charge is 0.324 e. The first kappa shape index (κ1) is 22.6. The van der Waals surface area contributed by atoms with Crippen LogP contribution in [0.25, 0.3) is 0 Å². The minimum atomic E-state index is -0.373. The molecule has 2 N–H and O–H groups in total. The van der Waals surface area contributed by atoms with Gasteiger partial charge in [0.05, 0.1) is 13.1 Å². The molecule has 3 heterocycles. The third kappa shape index (κ3) is 5.59. The number of urea groups is 2. The number of nitrogens with zero attached hydrogens (tertiary/aromatic N) is 3. The Balaban J connectivity index is 1.22. The standard InChI is InChI=1S/C24H35N5O3/c1-18-5-2-3-11-27(18)12-8-19-9-13-28(14-10-19)24(32)26-21-7-4-6-20(15-21)17-29-22(30)16-25-23(29)31/h4,6-7,15,18-19H,2-3,5,8-14,16-17H2,1H3,(H,25,31)(H,26,32). The fourth-order valence-electron chi connectivity index (χ4n) is 5.01. The highest BCUT2D eigenvalue weighted by Gasteiger charge is 2.28. The fraction of sp³-hybridized carbons (Fsp3) is 0.625. The summed E-state index contributed by atoms with van der Waals surface area (Å²) in [5.74, 6) is 0.461. The molecule has 174 valence electrons. The Morgan fingerprint density at radius 2 is 1.94 bits per heavy atom. The average Bonchev–Trinajstić information content (AvgIpc) is 3.11. The lowest BCUT2D eigenvalue weighted by molar-refractivity contribution is -0.125. The molecule has 0 bridgehead atoms. The lowest BCUT2D eigenvalue weighted by Crippen LogP contribution is -2.42. The van der Waals surface area contributed by atoms with Gasteiger partial charge in [-0.15, -0.1) is 0 Å². The molecule has 3 aliphatic rings. The second-order valence-electron chi connectivity index (χ2n) is 9.37. The Morgan fingerprint density at radius 3 is 2.66 bits per heavy atom. The number of likely N-dealkylation sites (tertiary alicyclic amines) is 2. The quantitative estimate of drug-likeness (QED) is 0.664. The summed E-state index contributed by atoms with van der Waals surface area (Å²) in [5.41, 5.74) is 1.49. The Labute approximate surface area is 190 Å². The zero-order valence-electron chi connectivity index (χ0n) is 19.0. The van der Waals surface area contributed by atoms with E-state index in [0.29, 0.717) is 17.6 Å². The largest absolute Gasteiger partial charge is 0.329 e. The second kappa shape index (κ2) is 10.3. The number of anilines is 1. The zero-order chi connectivity index (χ0) is 22.5. The highest BCUT2D eigenvalue weighted by molar-refractivity contribution is 6.01. The van der Waals surface area contributed by atoms with Crippen molar-refractivity contribution in [3.05, 3.63) is 29.8 Å². The molecular formula is C24H35N5O3. The molecule has 1 atom stereocenters. The number of carbonyl (C=O) groups excluding carboxylic acids is 3. The second-order valence-corrected chi connectivity index (χ2v) is 9.37. The molecule has 0 aromatic heterocycles. The van der Waals surface area contributed by atoms with Gasteiger partial charge in [-0.25, -0.2) is 9.59 Å². The fourth-order valence-corrected chi connectivity index (χ4v) is 5.01. The van der Waals surface area contributed by atoms with Crippen LogP contribution in [-0.4, -0.2) is 71.4 Å². The minimum absolute atomic E-state index is 0.0439. The van der Waals surface area contributed by atoms with Crippen LogP contribution in [0, 0.1) is 5.92 Å². The number of hydrogen-bond acceptors (Lipinski definition) is 4. The Morgan fingerprint density at radius 1 is 1.12 bits per heavy atom. The predicted octanol–water partition coefficient (Wildman–Crippen LogP) is 3.25. The summed E-state index contributed by atoms with van der Waals surface area (Å²) in [5, 5.41) is 5.50. The molecule has 32 heavy (non-hydrogen) atoms. The molecule has 3 fully saturated rings. The van der Waals surface area contributed by atoms with Crippen LogP contribution in [-0.2, 0) is 11.3 Å². The minimum Gasteiger partial charge on any atom is -0.329 e. The van der Waals surface area contributed by atoms with Crippen LogP contribution in [0.4, 0.5) is 15.3 Å².